The van der Waals surface area contributed by atoms with Crippen LogP contribution in [0.25, 0.3) is 22.5 Å². The molecule has 57 heavy (non-hydrogen) atoms. The molecule has 0 radical (unpaired) electrons. The van der Waals surface area contributed by atoms with Gasteiger partial charge in [0.15, 0.2) is 5.82 Å². The fourth-order valence-electron chi connectivity index (χ4n) is 7.71. The molecule has 5 N–H and O–H groups in total. The number of amides is 4. The van der Waals surface area contributed by atoms with Gasteiger partial charge >= 0.3 is 6.09 Å². The van der Waals surface area contributed by atoms with E-state index in [0.29, 0.717) is 68.1 Å². The van der Waals surface area contributed by atoms with Crippen LogP contribution in [-0.4, -0.2) is 97.7 Å². The number of piperazine rings is 1. The Morgan fingerprint density at radius 2 is 1.61 bits per heavy atom. The number of hydrogen-bond donors (Lipinski definition) is 4. The van der Waals surface area contributed by atoms with Gasteiger partial charge in [-0.3, -0.25) is 19.4 Å². The van der Waals surface area contributed by atoms with Crippen LogP contribution < -0.4 is 21.3 Å². The lowest BCUT2D eigenvalue weighted by molar-refractivity contribution is -0.130. The molecule has 2 aromatic heterocycles. The molecule has 1 aliphatic heterocycles. The van der Waals surface area contributed by atoms with Crippen molar-refractivity contribution in [2.45, 2.75) is 97.4 Å². The summed E-state index contributed by atoms with van der Waals surface area (Å²) in [5.41, 5.74) is 11.1. The summed E-state index contributed by atoms with van der Waals surface area (Å²) >= 11 is 0. The van der Waals surface area contributed by atoms with Crippen molar-refractivity contribution in [2.24, 2.45) is 17.6 Å². The fourth-order valence-corrected chi connectivity index (χ4v) is 7.71. The fraction of sp³-hybridized carbons (Fsp3) is 0.476. The summed E-state index contributed by atoms with van der Waals surface area (Å²) in [6.07, 6.45) is 4.05. The summed E-state index contributed by atoms with van der Waals surface area (Å²) in [7, 11) is 0. The summed E-state index contributed by atoms with van der Waals surface area (Å²) in [5.74, 6) is -0.617. The minimum atomic E-state index is -1.00. The Balaban J connectivity index is 1.13. The first-order chi connectivity index (χ1) is 27.1. The van der Waals surface area contributed by atoms with Gasteiger partial charge in [0.1, 0.15) is 11.3 Å². The lowest BCUT2D eigenvalue weighted by atomic mass is 9.81. The van der Waals surface area contributed by atoms with Crippen LogP contribution in [0, 0.1) is 18.8 Å². The summed E-state index contributed by atoms with van der Waals surface area (Å²) in [6, 6.07) is 15.9. The number of nitrogens with one attached hydrogen (secondary N) is 3. The van der Waals surface area contributed by atoms with Crippen molar-refractivity contribution >= 4 is 29.5 Å². The van der Waals surface area contributed by atoms with Gasteiger partial charge in [-0.25, -0.2) is 14.8 Å². The normalized spacial score (nSPS) is 20.4. The van der Waals surface area contributed by atoms with E-state index in [2.05, 4.69) is 50.1 Å². The van der Waals surface area contributed by atoms with Crippen molar-refractivity contribution in [1.82, 2.24) is 41.1 Å². The van der Waals surface area contributed by atoms with Gasteiger partial charge in [-0.2, -0.15) is 0 Å². The van der Waals surface area contributed by atoms with E-state index >= 15 is 0 Å². The second-order valence-electron chi connectivity index (χ2n) is 16.5. The number of benzene rings is 2. The van der Waals surface area contributed by atoms with Crippen LogP contribution in [0.3, 0.4) is 0 Å². The Labute approximate surface area is 333 Å². The maximum atomic E-state index is 14.2. The predicted octanol–water partition coefficient (Wildman–Crippen LogP) is 4.82. The SMILES string of the molecule is Cc1cc(C(=O)N2CC(C)NC(C)C2)ncc1-c1ccc(C[C@H](N)C(=O)N(c2ccc(-c3nnn[nH]3)cc2)C(=O)[C@H]2CC[C@H](CNC(=O)OC(C)(C)C)CC2)cc1. The molecule has 1 saturated heterocycles. The van der Waals surface area contributed by atoms with E-state index in [1.165, 1.54) is 4.90 Å². The van der Waals surface area contributed by atoms with Crippen molar-refractivity contribution in [3.63, 3.8) is 0 Å². The molecule has 1 aliphatic carbocycles. The number of aromatic nitrogens is 5. The number of rotatable bonds is 10. The van der Waals surface area contributed by atoms with Crippen molar-refractivity contribution in [3.05, 3.63) is 77.6 Å². The Bertz CT molecular complexity index is 2010. The molecule has 6 rings (SSSR count). The van der Waals surface area contributed by atoms with E-state index in [1.54, 1.807) is 30.5 Å². The zero-order valence-corrected chi connectivity index (χ0v) is 33.6. The average Bonchev–Trinajstić information content (AvgIpc) is 3.72. The molecule has 302 valence electrons. The molecule has 2 aromatic carbocycles. The number of nitrogens with zero attached hydrogens (tertiary/aromatic N) is 6. The van der Waals surface area contributed by atoms with Gasteiger partial charge in [0, 0.05) is 55.0 Å². The lowest BCUT2D eigenvalue weighted by Gasteiger charge is -2.36. The minimum absolute atomic E-state index is 0.0743. The number of anilines is 1. The standard InChI is InChI=1S/C42H54N10O5/c1-25-19-36(40(55)51-23-26(2)46-27(3)24-51)44-22-34(25)30-11-7-28(8-12-30)20-35(43)39(54)52(33-17-15-31(16-18-33)37-47-49-50-48-37)38(53)32-13-9-29(10-14-32)21-45-41(56)57-42(4,5)6/h7-8,11-12,15-19,22,26-27,29,32,35,46H,9-10,13-14,20-21,23-24,43H2,1-6H3,(H,45,56)(H,47,48,49,50)/t26?,27?,29-,32-,35-/m0/s1. The van der Waals surface area contributed by atoms with Crippen LogP contribution in [0.5, 0.6) is 0 Å². The maximum absolute atomic E-state index is 14.2. The third-order valence-electron chi connectivity index (χ3n) is 10.5. The number of aromatic amines is 1. The molecular weight excluding hydrogens is 725 g/mol. The third-order valence-corrected chi connectivity index (χ3v) is 10.5. The summed E-state index contributed by atoms with van der Waals surface area (Å²) in [6.45, 7) is 13.3. The number of aryl methyl sites for hydroxylation is 1. The molecule has 1 saturated carbocycles. The molecule has 0 spiro atoms. The Morgan fingerprint density at radius 3 is 2.21 bits per heavy atom. The van der Waals surface area contributed by atoms with E-state index in [0.717, 1.165) is 22.3 Å². The smallest absolute Gasteiger partial charge is 0.407 e. The zero-order chi connectivity index (χ0) is 40.9. The molecule has 2 aliphatic rings. The van der Waals surface area contributed by atoms with Crippen LogP contribution in [0.1, 0.15) is 81.9 Å². The number of ether oxygens (including phenoxy) is 1. The summed E-state index contributed by atoms with van der Waals surface area (Å²) in [5, 5.41) is 20.2. The van der Waals surface area contributed by atoms with Crippen molar-refractivity contribution in [2.75, 3.05) is 24.5 Å². The monoisotopic (exact) mass is 778 g/mol. The summed E-state index contributed by atoms with van der Waals surface area (Å²) in [4.78, 5) is 61.6. The van der Waals surface area contributed by atoms with E-state index in [1.807, 2.05) is 62.9 Å². The van der Waals surface area contributed by atoms with Gasteiger partial charge in [0.05, 0.1) is 11.7 Å². The number of alkyl carbamates (subject to hydrolysis) is 1. The number of tetrazole rings is 1. The summed E-state index contributed by atoms with van der Waals surface area (Å²) < 4.78 is 5.37. The highest BCUT2D eigenvalue weighted by Gasteiger charge is 2.36. The van der Waals surface area contributed by atoms with Crippen molar-refractivity contribution < 1.29 is 23.9 Å². The lowest BCUT2D eigenvalue weighted by Crippen LogP contribution is -2.55. The molecular formula is C42H54N10O5. The number of pyridine rings is 1. The third kappa shape index (κ3) is 10.5. The van der Waals surface area contributed by atoms with Crippen LogP contribution >= 0.6 is 0 Å². The molecule has 3 heterocycles. The van der Waals surface area contributed by atoms with Gasteiger partial charge in [0.25, 0.3) is 11.8 Å². The number of hydrogen-bond acceptors (Lipinski definition) is 11. The molecule has 15 nitrogen and oxygen atoms in total. The van der Waals surface area contributed by atoms with E-state index in [9.17, 15) is 19.2 Å². The van der Waals surface area contributed by atoms with E-state index < -0.39 is 23.6 Å². The molecule has 2 fully saturated rings. The van der Waals surface area contributed by atoms with Gasteiger partial charge in [-0.15, -0.1) is 5.10 Å². The number of carbonyl (C=O) groups is 4. The molecule has 0 bridgehead atoms. The number of H-pyrrole nitrogens is 1. The van der Waals surface area contributed by atoms with Crippen molar-refractivity contribution in [3.8, 4) is 22.5 Å². The minimum Gasteiger partial charge on any atom is -0.444 e. The Morgan fingerprint density at radius 1 is 0.965 bits per heavy atom. The van der Waals surface area contributed by atoms with E-state index in [-0.39, 0.29) is 42.2 Å². The molecule has 15 heteroatoms. The second-order valence-corrected chi connectivity index (χ2v) is 16.5. The first kappa shape index (κ1) is 41.1. The first-order valence-corrected chi connectivity index (χ1v) is 19.7. The topological polar surface area (TPSA) is 201 Å². The largest absolute Gasteiger partial charge is 0.444 e. The van der Waals surface area contributed by atoms with Crippen LogP contribution in [-0.2, 0) is 20.7 Å². The highest BCUT2D eigenvalue weighted by atomic mass is 16.6. The molecule has 4 aromatic rings. The number of nitrogens with two attached hydrogens (primary N) is 1. The molecule has 2 unspecified atom stereocenters. The Hall–Kier alpha value is -5.54. The zero-order valence-electron chi connectivity index (χ0n) is 33.6. The van der Waals surface area contributed by atoms with Crippen LogP contribution in [0.15, 0.2) is 60.8 Å². The predicted molar refractivity (Wildman–Crippen MR) is 216 cm³/mol. The van der Waals surface area contributed by atoms with Gasteiger partial charge in [-0.05, 0) is 137 Å². The maximum Gasteiger partial charge on any atom is 0.407 e. The van der Waals surface area contributed by atoms with Crippen LogP contribution in [0.2, 0.25) is 0 Å². The first-order valence-electron chi connectivity index (χ1n) is 19.7. The van der Waals surface area contributed by atoms with E-state index in [4.69, 9.17) is 10.5 Å². The average molecular weight is 779 g/mol. The number of carbonyl (C=O) groups excluding carboxylic acids is 4. The van der Waals surface area contributed by atoms with Crippen molar-refractivity contribution in [1.29, 1.82) is 0 Å². The highest BCUT2D eigenvalue weighted by molar-refractivity contribution is 6.17. The van der Waals surface area contributed by atoms with Crippen LogP contribution in [0.4, 0.5) is 10.5 Å². The molecule has 4 amide bonds. The quantitative estimate of drug-likeness (QED) is 0.172. The Kier molecular flexibility index (Phi) is 12.8. The molecule has 3 atom stereocenters. The highest BCUT2D eigenvalue weighted by Crippen LogP contribution is 2.32. The number of imide groups is 1. The second kappa shape index (κ2) is 17.7. The van der Waals surface area contributed by atoms with Gasteiger partial charge < -0.3 is 26.0 Å². The van der Waals surface area contributed by atoms with Gasteiger partial charge in [-0.1, -0.05) is 24.3 Å². The van der Waals surface area contributed by atoms with Gasteiger partial charge in [0.2, 0.25) is 5.91 Å².